The maximum Gasteiger partial charge on any atom is 0.407 e. The van der Waals surface area contributed by atoms with Gasteiger partial charge in [-0.2, -0.15) is 0 Å². The molecule has 2 rings (SSSR count). The summed E-state index contributed by atoms with van der Waals surface area (Å²) in [6.45, 7) is 1.98. The molecule has 2 saturated heterocycles. The van der Waals surface area contributed by atoms with Crippen molar-refractivity contribution in [1.29, 1.82) is 0 Å². The third-order valence-electron chi connectivity index (χ3n) is 4.20. The van der Waals surface area contributed by atoms with Crippen LogP contribution in [-0.2, 0) is 14.6 Å². The highest BCUT2D eigenvalue weighted by Gasteiger charge is 2.31. The van der Waals surface area contributed by atoms with Gasteiger partial charge in [0, 0.05) is 32.1 Å². The van der Waals surface area contributed by atoms with E-state index in [1.54, 1.807) is 4.90 Å². The molecule has 1 N–H and O–H groups in total. The molecule has 0 aliphatic carbocycles. The highest BCUT2D eigenvalue weighted by molar-refractivity contribution is 7.91. The molecule has 0 unspecified atom stereocenters. The molecule has 0 aromatic heterocycles. The van der Waals surface area contributed by atoms with Crippen LogP contribution in [-0.4, -0.2) is 73.0 Å². The Morgan fingerprint density at radius 1 is 0.905 bits per heavy atom. The van der Waals surface area contributed by atoms with Crippen LogP contribution in [0.15, 0.2) is 0 Å². The van der Waals surface area contributed by atoms with Gasteiger partial charge in [0.15, 0.2) is 0 Å². The molecule has 120 valence electrons. The lowest BCUT2D eigenvalue weighted by Crippen LogP contribution is -2.44. The first-order valence-electron chi connectivity index (χ1n) is 7.36. The van der Waals surface area contributed by atoms with Gasteiger partial charge >= 0.3 is 6.09 Å². The number of hydrogen-bond donors (Lipinski definition) is 1. The largest absolute Gasteiger partial charge is 0.465 e. The Hall–Kier alpha value is -1.31. The lowest BCUT2D eigenvalue weighted by molar-refractivity contribution is -0.136. The molecule has 7 nitrogen and oxygen atoms in total. The molecular formula is C13H22N2O5S. The molecule has 21 heavy (non-hydrogen) atoms. The first-order chi connectivity index (χ1) is 9.89. The zero-order valence-corrected chi connectivity index (χ0v) is 12.8. The van der Waals surface area contributed by atoms with Gasteiger partial charge in [-0.15, -0.1) is 0 Å². The van der Waals surface area contributed by atoms with E-state index in [-0.39, 0.29) is 23.3 Å². The van der Waals surface area contributed by atoms with Crippen LogP contribution in [0.25, 0.3) is 0 Å². The van der Waals surface area contributed by atoms with Gasteiger partial charge in [0.1, 0.15) is 9.84 Å². The molecule has 8 heteroatoms. The van der Waals surface area contributed by atoms with Crippen molar-refractivity contribution in [3.63, 3.8) is 0 Å². The second-order valence-corrected chi connectivity index (χ2v) is 8.03. The van der Waals surface area contributed by atoms with Gasteiger partial charge in [0.2, 0.25) is 5.91 Å². The Morgan fingerprint density at radius 2 is 1.38 bits per heavy atom. The summed E-state index contributed by atoms with van der Waals surface area (Å²) in [4.78, 5) is 26.5. The van der Waals surface area contributed by atoms with Crippen molar-refractivity contribution in [2.45, 2.75) is 25.7 Å². The van der Waals surface area contributed by atoms with Crippen LogP contribution in [0.5, 0.6) is 0 Å². The minimum Gasteiger partial charge on any atom is -0.465 e. The van der Waals surface area contributed by atoms with Crippen LogP contribution in [0, 0.1) is 5.92 Å². The Balaban J connectivity index is 1.87. The number of amides is 2. The summed E-state index contributed by atoms with van der Waals surface area (Å²) < 4.78 is 22.8. The second-order valence-electron chi connectivity index (χ2n) is 5.73. The number of carbonyl (C=O) groups is 2. The molecule has 2 amide bonds. The standard InChI is InChI=1S/C13H22N2O5S/c16-12(11-3-9-21(19,20)10-4-11)14-5-1-7-15(13(17)18)8-2-6-14/h11H,1-10H2,(H,17,18). The summed E-state index contributed by atoms with van der Waals surface area (Å²) in [5, 5.41) is 8.97. The maximum atomic E-state index is 12.4. The first-order valence-corrected chi connectivity index (χ1v) is 9.18. The van der Waals surface area contributed by atoms with E-state index in [0.29, 0.717) is 51.9 Å². The number of rotatable bonds is 1. The molecular weight excluding hydrogens is 296 g/mol. The smallest absolute Gasteiger partial charge is 0.407 e. The lowest BCUT2D eigenvalue weighted by atomic mass is 10.0. The van der Waals surface area contributed by atoms with Crippen molar-refractivity contribution in [1.82, 2.24) is 9.80 Å². The van der Waals surface area contributed by atoms with Gasteiger partial charge in [-0.1, -0.05) is 0 Å². The second kappa shape index (κ2) is 6.64. The molecule has 0 saturated carbocycles. The van der Waals surface area contributed by atoms with E-state index in [2.05, 4.69) is 0 Å². The molecule has 0 atom stereocenters. The third-order valence-corrected chi connectivity index (χ3v) is 5.91. The Morgan fingerprint density at radius 3 is 1.86 bits per heavy atom. The molecule has 0 spiro atoms. The minimum atomic E-state index is -2.95. The predicted molar refractivity (Wildman–Crippen MR) is 76.8 cm³/mol. The van der Waals surface area contributed by atoms with E-state index in [4.69, 9.17) is 5.11 Å². The molecule has 0 radical (unpaired) electrons. The van der Waals surface area contributed by atoms with Crippen LogP contribution < -0.4 is 0 Å². The van der Waals surface area contributed by atoms with Gasteiger partial charge in [-0.25, -0.2) is 13.2 Å². The molecule has 0 aromatic rings. The van der Waals surface area contributed by atoms with Gasteiger partial charge in [-0.3, -0.25) is 4.79 Å². The first kappa shape index (κ1) is 16.1. The highest BCUT2D eigenvalue weighted by atomic mass is 32.2. The van der Waals surface area contributed by atoms with E-state index < -0.39 is 15.9 Å². The number of sulfone groups is 1. The molecule has 2 fully saturated rings. The minimum absolute atomic E-state index is 0.0358. The van der Waals surface area contributed by atoms with Crippen LogP contribution in [0.2, 0.25) is 0 Å². The summed E-state index contributed by atoms with van der Waals surface area (Å²) in [5.74, 6) is 0.0471. The molecule has 0 aromatic carbocycles. The van der Waals surface area contributed by atoms with Crippen LogP contribution in [0.3, 0.4) is 0 Å². The van der Waals surface area contributed by atoms with E-state index in [1.165, 1.54) is 4.90 Å². The van der Waals surface area contributed by atoms with Gasteiger partial charge < -0.3 is 14.9 Å². The summed E-state index contributed by atoms with van der Waals surface area (Å²) >= 11 is 0. The Labute approximate surface area is 124 Å². The fourth-order valence-corrected chi connectivity index (χ4v) is 4.43. The van der Waals surface area contributed by atoms with Crippen molar-refractivity contribution in [3.8, 4) is 0 Å². The van der Waals surface area contributed by atoms with E-state index in [9.17, 15) is 18.0 Å². The Kier molecular flexibility index (Phi) is 5.08. The number of nitrogens with zero attached hydrogens (tertiary/aromatic N) is 2. The van der Waals surface area contributed by atoms with E-state index in [0.717, 1.165) is 0 Å². The molecule has 2 heterocycles. The normalized spacial score (nSPS) is 24.2. The van der Waals surface area contributed by atoms with Crippen LogP contribution in [0.1, 0.15) is 25.7 Å². The fourth-order valence-electron chi connectivity index (χ4n) is 2.94. The predicted octanol–water partition coefficient (Wildman–Crippen LogP) is 0.414. The van der Waals surface area contributed by atoms with Crippen molar-refractivity contribution < 1.29 is 23.1 Å². The summed E-state index contributed by atoms with van der Waals surface area (Å²) in [7, 11) is -2.95. The third kappa shape index (κ3) is 4.33. The van der Waals surface area contributed by atoms with Gasteiger partial charge in [0.05, 0.1) is 11.5 Å². The summed E-state index contributed by atoms with van der Waals surface area (Å²) in [6, 6.07) is 0. The molecule has 2 aliphatic rings. The number of carbonyl (C=O) groups excluding carboxylic acids is 1. The lowest BCUT2D eigenvalue weighted by Gasteiger charge is -2.32. The maximum absolute atomic E-state index is 12.4. The Bertz CT molecular complexity index is 481. The van der Waals surface area contributed by atoms with Crippen molar-refractivity contribution in [3.05, 3.63) is 0 Å². The van der Waals surface area contributed by atoms with Crippen LogP contribution >= 0.6 is 0 Å². The van der Waals surface area contributed by atoms with Crippen molar-refractivity contribution in [2.75, 3.05) is 37.7 Å². The average Bonchev–Trinajstić information content (AvgIpc) is 2.37. The summed E-state index contributed by atoms with van der Waals surface area (Å²) in [5.41, 5.74) is 0. The van der Waals surface area contributed by atoms with Crippen molar-refractivity contribution >= 4 is 21.8 Å². The van der Waals surface area contributed by atoms with Gasteiger partial charge in [0.25, 0.3) is 0 Å². The fraction of sp³-hybridized carbons (Fsp3) is 0.846. The number of hydrogen-bond acceptors (Lipinski definition) is 4. The molecule has 0 bridgehead atoms. The van der Waals surface area contributed by atoms with Gasteiger partial charge in [-0.05, 0) is 25.7 Å². The van der Waals surface area contributed by atoms with Crippen molar-refractivity contribution in [2.24, 2.45) is 5.92 Å². The monoisotopic (exact) mass is 318 g/mol. The zero-order valence-electron chi connectivity index (χ0n) is 12.0. The van der Waals surface area contributed by atoms with Crippen LogP contribution in [0.4, 0.5) is 4.79 Å². The quantitative estimate of drug-likeness (QED) is 0.756. The zero-order chi connectivity index (χ0) is 15.5. The molecule has 2 aliphatic heterocycles. The highest BCUT2D eigenvalue weighted by Crippen LogP contribution is 2.22. The topological polar surface area (TPSA) is 95.0 Å². The summed E-state index contributed by atoms with van der Waals surface area (Å²) in [6.07, 6.45) is 1.18. The number of carboxylic acid groups (broad SMARTS) is 1. The SMILES string of the molecule is O=C(O)N1CCCN(C(=O)C2CCS(=O)(=O)CC2)CCC1. The average molecular weight is 318 g/mol. The van der Waals surface area contributed by atoms with E-state index >= 15 is 0 Å². The van der Waals surface area contributed by atoms with E-state index in [1.807, 2.05) is 0 Å².